The minimum atomic E-state index is -0.511. The van der Waals surface area contributed by atoms with E-state index >= 15 is 0 Å². The van der Waals surface area contributed by atoms with Gasteiger partial charge in [0.05, 0.1) is 18.8 Å². The predicted octanol–water partition coefficient (Wildman–Crippen LogP) is 0.336. The molecule has 0 aliphatic carbocycles. The molecular weight excluding hydrogens is 278 g/mol. The zero-order chi connectivity index (χ0) is 14.8. The highest BCUT2D eigenvalue weighted by Crippen LogP contribution is 2.30. The van der Waals surface area contributed by atoms with E-state index in [0.717, 1.165) is 0 Å². The van der Waals surface area contributed by atoms with E-state index in [1.165, 1.54) is 13.1 Å². The van der Waals surface area contributed by atoms with E-state index in [1.807, 2.05) is 0 Å². The van der Waals surface area contributed by atoms with Crippen LogP contribution >= 0.6 is 0 Å². The van der Waals surface area contributed by atoms with E-state index in [4.69, 9.17) is 18.9 Å². The SMILES string of the molecule is CC(=O)O[C@H]1COC2C1OC[C@H]2OC(=O)c1cccnc1. The van der Waals surface area contributed by atoms with Gasteiger partial charge in [-0.05, 0) is 12.1 Å². The minimum absolute atomic E-state index is 0.221. The number of rotatable bonds is 3. The summed E-state index contributed by atoms with van der Waals surface area (Å²) in [6.07, 6.45) is 1.26. The number of carbonyl (C=O) groups is 2. The number of hydrogen-bond acceptors (Lipinski definition) is 7. The fraction of sp³-hybridized carbons (Fsp3) is 0.500. The van der Waals surface area contributed by atoms with Crippen molar-refractivity contribution in [1.29, 1.82) is 0 Å². The lowest BCUT2D eigenvalue weighted by molar-refractivity contribution is -0.151. The first kappa shape index (κ1) is 14.0. The fourth-order valence-electron chi connectivity index (χ4n) is 2.53. The average molecular weight is 293 g/mol. The van der Waals surface area contributed by atoms with Crippen molar-refractivity contribution in [2.75, 3.05) is 13.2 Å². The van der Waals surface area contributed by atoms with Gasteiger partial charge in [-0.2, -0.15) is 0 Å². The van der Waals surface area contributed by atoms with Gasteiger partial charge in [0, 0.05) is 19.3 Å². The van der Waals surface area contributed by atoms with Crippen LogP contribution in [0.25, 0.3) is 0 Å². The molecule has 112 valence electrons. The predicted molar refractivity (Wildman–Crippen MR) is 68.5 cm³/mol. The van der Waals surface area contributed by atoms with Gasteiger partial charge in [-0.3, -0.25) is 9.78 Å². The largest absolute Gasteiger partial charge is 0.457 e. The molecule has 7 heteroatoms. The Hall–Kier alpha value is -1.99. The molecule has 4 atom stereocenters. The summed E-state index contributed by atoms with van der Waals surface area (Å²) in [6, 6.07) is 3.28. The average Bonchev–Trinajstić information content (AvgIpc) is 3.04. The molecule has 0 bridgehead atoms. The number of ether oxygens (including phenoxy) is 4. The van der Waals surface area contributed by atoms with Gasteiger partial charge < -0.3 is 18.9 Å². The molecule has 0 N–H and O–H groups in total. The van der Waals surface area contributed by atoms with Crippen molar-refractivity contribution in [2.24, 2.45) is 0 Å². The summed E-state index contributed by atoms with van der Waals surface area (Å²) < 4.78 is 21.6. The van der Waals surface area contributed by atoms with Crippen molar-refractivity contribution in [3.63, 3.8) is 0 Å². The van der Waals surface area contributed by atoms with Gasteiger partial charge in [-0.25, -0.2) is 4.79 Å². The van der Waals surface area contributed by atoms with Gasteiger partial charge in [-0.1, -0.05) is 0 Å². The standard InChI is InChI=1S/C14H15NO6/c1-8(16)20-10-6-18-13-11(7-19-12(10)13)21-14(17)9-3-2-4-15-5-9/h2-5,10-13H,6-7H2,1H3/t10-,11+,12?,13?/m0/s1. The van der Waals surface area contributed by atoms with Crippen LogP contribution in [-0.2, 0) is 23.7 Å². The first-order chi connectivity index (χ1) is 10.1. The zero-order valence-corrected chi connectivity index (χ0v) is 11.4. The number of carbonyl (C=O) groups excluding carboxylic acids is 2. The van der Waals surface area contributed by atoms with Gasteiger partial charge in [0.1, 0.15) is 12.2 Å². The molecule has 0 saturated carbocycles. The molecule has 3 rings (SSSR count). The maximum Gasteiger partial charge on any atom is 0.340 e. The van der Waals surface area contributed by atoms with Crippen molar-refractivity contribution >= 4 is 11.9 Å². The Kier molecular flexibility index (Phi) is 3.85. The highest BCUT2D eigenvalue weighted by Gasteiger charge is 2.51. The second kappa shape index (κ2) is 5.79. The molecule has 0 amide bonds. The highest BCUT2D eigenvalue weighted by atomic mass is 16.7. The molecule has 0 spiro atoms. The second-order valence-electron chi connectivity index (χ2n) is 4.93. The van der Waals surface area contributed by atoms with Crippen LogP contribution in [0.15, 0.2) is 24.5 Å². The number of nitrogens with zero attached hydrogens (tertiary/aromatic N) is 1. The van der Waals surface area contributed by atoms with Crippen molar-refractivity contribution in [3.05, 3.63) is 30.1 Å². The first-order valence-electron chi connectivity index (χ1n) is 6.66. The van der Waals surface area contributed by atoms with E-state index < -0.39 is 24.3 Å². The second-order valence-corrected chi connectivity index (χ2v) is 4.93. The van der Waals surface area contributed by atoms with Crippen LogP contribution in [0.4, 0.5) is 0 Å². The van der Waals surface area contributed by atoms with Crippen LogP contribution in [0, 0.1) is 0 Å². The van der Waals surface area contributed by atoms with Gasteiger partial charge in [0.25, 0.3) is 0 Å². The molecule has 3 heterocycles. The Morgan fingerprint density at radius 3 is 2.43 bits per heavy atom. The number of pyridine rings is 1. The van der Waals surface area contributed by atoms with E-state index in [-0.39, 0.29) is 25.3 Å². The molecule has 2 unspecified atom stereocenters. The summed E-state index contributed by atoms with van der Waals surface area (Å²) in [5.74, 6) is -0.861. The smallest absolute Gasteiger partial charge is 0.340 e. The van der Waals surface area contributed by atoms with E-state index in [0.29, 0.717) is 5.56 Å². The van der Waals surface area contributed by atoms with Crippen LogP contribution in [-0.4, -0.2) is 54.6 Å². The summed E-state index contributed by atoms with van der Waals surface area (Å²) in [4.78, 5) is 26.9. The fourth-order valence-corrected chi connectivity index (χ4v) is 2.53. The quantitative estimate of drug-likeness (QED) is 0.743. The summed E-state index contributed by atoms with van der Waals surface area (Å²) in [5, 5.41) is 0. The Labute approximate surface area is 121 Å². The number of aromatic nitrogens is 1. The van der Waals surface area contributed by atoms with Crippen molar-refractivity contribution in [1.82, 2.24) is 4.98 Å². The highest BCUT2D eigenvalue weighted by molar-refractivity contribution is 5.89. The Bertz CT molecular complexity index is 534. The number of hydrogen-bond donors (Lipinski definition) is 0. The molecule has 2 fully saturated rings. The van der Waals surface area contributed by atoms with E-state index in [2.05, 4.69) is 4.98 Å². The molecule has 0 radical (unpaired) electrons. The van der Waals surface area contributed by atoms with Gasteiger partial charge in [-0.15, -0.1) is 0 Å². The Morgan fingerprint density at radius 1 is 1.19 bits per heavy atom. The molecule has 1 aromatic rings. The third-order valence-electron chi connectivity index (χ3n) is 3.44. The molecule has 2 saturated heterocycles. The number of esters is 2. The molecule has 21 heavy (non-hydrogen) atoms. The van der Waals surface area contributed by atoms with E-state index in [1.54, 1.807) is 18.3 Å². The zero-order valence-electron chi connectivity index (χ0n) is 11.4. The third kappa shape index (κ3) is 2.88. The summed E-state index contributed by atoms with van der Waals surface area (Å²) in [6.45, 7) is 1.80. The van der Waals surface area contributed by atoms with Crippen molar-refractivity contribution in [3.8, 4) is 0 Å². The lowest BCUT2D eigenvalue weighted by Crippen LogP contribution is -2.35. The van der Waals surface area contributed by atoms with Crippen LogP contribution in [0.3, 0.4) is 0 Å². The lowest BCUT2D eigenvalue weighted by Gasteiger charge is -2.16. The summed E-state index contributed by atoms with van der Waals surface area (Å²) in [5.41, 5.74) is 0.371. The molecule has 7 nitrogen and oxygen atoms in total. The maximum absolute atomic E-state index is 12.0. The maximum atomic E-state index is 12.0. The topological polar surface area (TPSA) is 84.0 Å². The number of fused-ring (bicyclic) bond motifs is 1. The normalized spacial score (nSPS) is 30.7. The Balaban J connectivity index is 1.62. The lowest BCUT2D eigenvalue weighted by atomic mass is 10.1. The van der Waals surface area contributed by atoms with Crippen LogP contribution in [0.1, 0.15) is 17.3 Å². The summed E-state index contributed by atoms with van der Waals surface area (Å²) in [7, 11) is 0. The van der Waals surface area contributed by atoms with E-state index in [9.17, 15) is 9.59 Å². The van der Waals surface area contributed by atoms with Crippen molar-refractivity contribution in [2.45, 2.75) is 31.3 Å². The molecule has 2 aliphatic heterocycles. The van der Waals surface area contributed by atoms with Crippen LogP contribution < -0.4 is 0 Å². The molecule has 2 aliphatic rings. The van der Waals surface area contributed by atoms with Gasteiger partial charge >= 0.3 is 11.9 Å². The van der Waals surface area contributed by atoms with Gasteiger partial charge in [0.15, 0.2) is 12.2 Å². The van der Waals surface area contributed by atoms with Crippen LogP contribution in [0.2, 0.25) is 0 Å². The first-order valence-corrected chi connectivity index (χ1v) is 6.66. The monoisotopic (exact) mass is 293 g/mol. The third-order valence-corrected chi connectivity index (χ3v) is 3.44. The van der Waals surface area contributed by atoms with Gasteiger partial charge in [0.2, 0.25) is 0 Å². The van der Waals surface area contributed by atoms with Crippen LogP contribution in [0.5, 0.6) is 0 Å². The summed E-state index contributed by atoms with van der Waals surface area (Å²) >= 11 is 0. The minimum Gasteiger partial charge on any atom is -0.457 e. The molecular formula is C14H15NO6. The van der Waals surface area contributed by atoms with Crippen molar-refractivity contribution < 1.29 is 28.5 Å². The molecule has 0 aromatic carbocycles. The molecule has 1 aromatic heterocycles. The Morgan fingerprint density at radius 2 is 1.86 bits per heavy atom.